The van der Waals surface area contributed by atoms with Crippen LogP contribution in [0.2, 0.25) is 0 Å². The number of quaternary nitrogens is 1. The first-order valence-electron chi connectivity index (χ1n) is 15.8. The lowest BCUT2D eigenvalue weighted by atomic mass is 9.72. The Morgan fingerprint density at radius 3 is 1.74 bits per heavy atom. The Bertz CT molecular complexity index is 953. The van der Waals surface area contributed by atoms with E-state index in [1.165, 1.54) is 49.7 Å². The Hall–Kier alpha value is -1.08. The second kappa shape index (κ2) is 20.0. The molecule has 0 heterocycles. The van der Waals surface area contributed by atoms with Crippen molar-refractivity contribution in [3.63, 3.8) is 0 Å². The van der Waals surface area contributed by atoms with Crippen LogP contribution in [0.5, 0.6) is 11.5 Å². The molecule has 0 radical (unpaired) electrons. The predicted octanol–water partition coefficient (Wildman–Crippen LogP) is 6.58. The zero-order valence-electron chi connectivity index (χ0n) is 27.7. The van der Waals surface area contributed by atoms with E-state index in [1.54, 1.807) is 0 Å². The molecule has 0 aliphatic carbocycles. The number of halogens is 2. The van der Waals surface area contributed by atoms with E-state index in [-0.39, 0.29) is 22.4 Å². The zero-order valence-corrected chi connectivity index (χ0v) is 30.8. The Labute approximate surface area is 277 Å². The van der Waals surface area contributed by atoms with E-state index >= 15 is 0 Å². The fourth-order valence-electron chi connectivity index (χ4n) is 5.60. The fourth-order valence-corrected chi connectivity index (χ4v) is 5.99. The summed E-state index contributed by atoms with van der Waals surface area (Å²) >= 11 is 3.50. The van der Waals surface area contributed by atoms with Crippen LogP contribution in [0.15, 0.2) is 48.5 Å². The molecule has 42 heavy (non-hydrogen) atoms. The Kier molecular flexibility index (Phi) is 18.6. The third-order valence-electron chi connectivity index (χ3n) is 7.53. The first-order valence-corrected chi connectivity index (χ1v) is 16.9. The minimum absolute atomic E-state index is 0. The van der Waals surface area contributed by atoms with Gasteiger partial charge in [0.15, 0.2) is 0 Å². The van der Waals surface area contributed by atoms with Crippen LogP contribution in [0.4, 0.5) is 0 Å². The van der Waals surface area contributed by atoms with Gasteiger partial charge in [-0.3, -0.25) is 0 Å². The molecule has 0 saturated carbocycles. The average molecular weight is 714 g/mol. The summed E-state index contributed by atoms with van der Waals surface area (Å²) in [5.41, 5.74) is 3.12. The number of unbranched alkanes of at least 4 members (excludes halogenated alkanes) is 6. The van der Waals surface area contributed by atoms with Crippen LogP contribution in [0.1, 0.15) is 97.1 Å². The number of alkyl halides is 1. The normalized spacial score (nSPS) is 12.2. The third kappa shape index (κ3) is 17.3. The van der Waals surface area contributed by atoms with Crippen LogP contribution in [-0.4, -0.2) is 56.9 Å². The third-order valence-corrected chi connectivity index (χ3v) is 8.09. The standard InChI is InChI=1S/C36H59BrNO3.BrH/c1-35(2,3)30-36(4,5)32-17-21-34(22-18-32)41-28-27-39-26-24-38(6,7)29-31-15-19-33(20-16-31)40-25-14-12-10-8-9-11-13-23-37;/h15-22H,8-14,23-30H2,1-7H3;1H/q+1;/p-1. The maximum Gasteiger partial charge on any atom is 0.119 e. The molecular weight excluding hydrogens is 654 g/mol. The molecule has 0 N–H and O–H groups in total. The minimum Gasteiger partial charge on any atom is -1.00 e. The highest BCUT2D eigenvalue weighted by Gasteiger charge is 2.27. The molecule has 0 aliphatic rings. The quantitative estimate of drug-likeness (QED) is 0.0832. The van der Waals surface area contributed by atoms with Gasteiger partial charge in [0.05, 0.1) is 33.9 Å². The Balaban J connectivity index is 0.00000882. The Morgan fingerprint density at radius 2 is 1.17 bits per heavy atom. The SMILES string of the molecule is CC(C)(C)CC(C)(C)c1ccc(OCCOCC[N+](C)(C)Cc2ccc(OCCCCCCCCCBr)cc2)cc1.[Br-]. The summed E-state index contributed by atoms with van der Waals surface area (Å²) in [4.78, 5) is 0. The highest BCUT2D eigenvalue weighted by molar-refractivity contribution is 9.09. The summed E-state index contributed by atoms with van der Waals surface area (Å²) in [6.07, 6.45) is 10.2. The van der Waals surface area contributed by atoms with Crippen molar-refractivity contribution in [3.8, 4) is 11.5 Å². The smallest absolute Gasteiger partial charge is 0.119 e. The number of nitrogens with zero attached hydrogens (tertiary/aromatic N) is 1. The molecule has 2 rings (SSSR count). The topological polar surface area (TPSA) is 27.7 Å². The van der Waals surface area contributed by atoms with Gasteiger partial charge in [-0.05, 0) is 72.1 Å². The zero-order chi connectivity index (χ0) is 30.2. The van der Waals surface area contributed by atoms with Crippen molar-refractivity contribution in [2.45, 2.75) is 97.9 Å². The molecule has 2 aromatic rings. The molecule has 2 aromatic carbocycles. The van der Waals surface area contributed by atoms with Gasteiger partial charge >= 0.3 is 0 Å². The first-order chi connectivity index (χ1) is 19.4. The highest BCUT2D eigenvalue weighted by Crippen LogP contribution is 2.36. The highest BCUT2D eigenvalue weighted by atomic mass is 79.9. The largest absolute Gasteiger partial charge is 1.00 e. The molecule has 240 valence electrons. The molecular formula is C36H59Br2NO3. The van der Waals surface area contributed by atoms with Crippen molar-refractivity contribution < 1.29 is 35.7 Å². The van der Waals surface area contributed by atoms with E-state index < -0.39 is 0 Å². The number of likely N-dealkylation sites (N-methyl/N-ethyl adjacent to an activating group) is 1. The number of ether oxygens (including phenoxy) is 3. The van der Waals surface area contributed by atoms with E-state index in [0.29, 0.717) is 25.2 Å². The molecule has 0 aromatic heterocycles. The first kappa shape index (κ1) is 38.9. The van der Waals surface area contributed by atoms with E-state index in [9.17, 15) is 0 Å². The van der Waals surface area contributed by atoms with Gasteiger partial charge in [-0.1, -0.05) is 94.8 Å². The number of rotatable bonds is 21. The second-order valence-corrected chi connectivity index (χ2v) is 14.9. The van der Waals surface area contributed by atoms with Crippen LogP contribution in [0.3, 0.4) is 0 Å². The molecule has 0 aliphatic heterocycles. The summed E-state index contributed by atoms with van der Waals surface area (Å²) in [7, 11) is 4.51. The molecule has 0 amide bonds. The van der Waals surface area contributed by atoms with E-state index in [1.807, 2.05) is 0 Å². The van der Waals surface area contributed by atoms with Gasteiger partial charge in [0, 0.05) is 10.9 Å². The van der Waals surface area contributed by atoms with Crippen molar-refractivity contribution in [2.24, 2.45) is 5.41 Å². The van der Waals surface area contributed by atoms with Crippen molar-refractivity contribution in [1.82, 2.24) is 0 Å². The molecule has 0 unspecified atom stereocenters. The van der Waals surface area contributed by atoms with Gasteiger partial charge in [0.2, 0.25) is 0 Å². The lowest BCUT2D eigenvalue weighted by Gasteiger charge is -2.33. The number of hydrogen-bond donors (Lipinski definition) is 0. The summed E-state index contributed by atoms with van der Waals surface area (Å²) in [5.74, 6) is 1.88. The van der Waals surface area contributed by atoms with Crippen molar-refractivity contribution in [2.75, 3.05) is 52.4 Å². The Morgan fingerprint density at radius 1 is 0.643 bits per heavy atom. The molecule has 0 saturated heterocycles. The molecule has 6 heteroatoms. The molecule has 0 spiro atoms. The van der Waals surface area contributed by atoms with E-state index in [4.69, 9.17) is 14.2 Å². The molecule has 0 atom stereocenters. The maximum absolute atomic E-state index is 5.97. The summed E-state index contributed by atoms with van der Waals surface area (Å²) in [6, 6.07) is 17.2. The lowest BCUT2D eigenvalue weighted by molar-refractivity contribution is -0.904. The monoisotopic (exact) mass is 711 g/mol. The summed E-state index contributed by atoms with van der Waals surface area (Å²) in [5, 5.41) is 1.13. The van der Waals surface area contributed by atoms with Crippen LogP contribution < -0.4 is 26.5 Å². The van der Waals surface area contributed by atoms with Gasteiger partial charge in [-0.2, -0.15) is 0 Å². The fraction of sp³-hybridized carbons (Fsp3) is 0.667. The second-order valence-electron chi connectivity index (χ2n) is 14.1. The molecule has 0 fully saturated rings. The van der Waals surface area contributed by atoms with Crippen LogP contribution in [0.25, 0.3) is 0 Å². The lowest BCUT2D eigenvalue weighted by Crippen LogP contribution is -3.00. The van der Waals surface area contributed by atoms with Crippen molar-refractivity contribution >= 4 is 15.9 Å². The maximum atomic E-state index is 5.97. The van der Waals surface area contributed by atoms with Crippen molar-refractivity contribution in [3.05, 3.63) is 59.7 Å². The minimum atomic E-state index is 0. The summed E-state index contributed by atoms with van der Waals surface area (Å²) in [6.45, 7) is 16.2. The van der Waals surface area contributed by atoms with Gasteiger partial charge in [0.25, 0.3) is 0 Å². The molecule has 0 bridgehead atoms. The number of benzene rings is 2. The van der Waals surface area contributed by atoms with Gasteiger partial charge in [0.1, 0.15) is 31.2 Å². The van der Waals surface area contributed by atoms with Crippen molar-refractivity contribution in [1.29, 1.82) is 0 Å². The van der Waals surface area contributed by atoms with Gasteiger partial charge < -0.3 is 35.7 Å². The van der Waals surface area contributed by atoms with E-state index in [0.717, 1.165) is 53.9 Å². The average Bonchev–Trinajstić information content (AvgIpc) is 2.89. The summed E-state index contributed by atoms with van der Waals surface area (Å²) < 4.78 is 18.7. The van der Waals surface area contributed by atoms with Crippen LogP contribution >= 0.6 is 15.9 Å². The van der Waals surface area contributed by atoms with Crippen LogP contribution in [0, 0.1) is 5.41 Å². The van der Waals surface area contributed by atoms with Gasteiger partial charge in [-0.15, -0.1) is 0 Å². The van der Waals surface area contributed by atoms with Gasteiger partial charge in [-0.25, -0.2) is 0 Å². The number of hydrogen-bond acceptors (Lipinski definition) is 3. The predicted molar refractivity (Wildman–Crippen MR) is 179 cm³/mol. The molecule has 4 nitrogen and oxygen atoms in total. The van der Waals surface area contributed by atoms with E-state index in [2.05, 4.69) is 113 Å². The van der Waals surface area contributed by atoms with Crippen LogP contribution in [-0.2, 0) is 16.7 Å².